The van der Waals surface area contributed by atoms with Crippen LogP contribution in [0, 0.1) is 21.3 Å². The summed E-state index contributed by atoms with van der Waals surface area (Å²) in [7, 11) is 1.54. The molecule has 1 aromatic carbocycles. The summed E-state index contributed by atoms with van der Waals surface area (Å²) in [5.41, 5.74) is 0.789. The van der Waals surface area contributed by atoms with Gasteiger partial charge in [0.1, 0.15) is 6.61 Å². The molecule has 0 bridgehead atoms. The first-order valence-corrected chi connectivity index (χ1v) is 7.68. The van der Waals surface area contributed by atoms with Crippen LogP contribution in [0.2, 0.25) is 0 Å². The average molecular weight is 414 g/mol. The summed E-state index contributed by atoms with van der Waals surface area (Å²) >= 11 is 3.21. The van der Waals surface area contributed by atoms with E-state index in [2.05, 4.69) is 33.8 Å². The van der Waals surface area contributed by atoms with Crippen molar-refractivity contribution in [2.75, 3.05) is 13.7 Å². The van der Waals surface area contributed by atoms with Crippen molar-refractivity contribution < 1.29 is 14.3 Å². The van der Waals surface area contributed by atoms with Gasteiger partial charge in [0.2, 0.25) is 0 Å². The van der Waals surface area contributed by atoms with Crippen LogP contribution < -0.4 is 14.8 Å². The maximum atomic E-state index is 11.6. The average Bonchev–Trinajstić information content (AvgIpc) is 2.75. The molecule has 0 atom stereocenters. The van der Waals surface area contributed by atoms with Crippen molar-refractivity contribution >= 4 is 51.5 Å². The third-order valence-corrected chi connectivity index (χ3v) is 4.14. The lowest BCUT2D eigenvalue weighted by Gasteiger charge is -2.12. The molecule has 5 nitrogen and oxygen atoms in total. The molecule has 1 heterocycles. The van der Waals surface area contributed by atoms with Crippen LogP contribution in [0.25, 0.3) is 6.08 Å². The van der Waals surface area contributed by atoms with Gasteiger partial charge in [-0.2, -0.15) is 0 Å². The second-order valence-corrected chi connectivity index (χ2v) is 6.14. The van der Waals surface area contributed by atoms with Gasteiger partial charge in [-0.05, 0) is 58.1 Å². The number of terminal acetylenes is 1. The Morgan fingerprint density at radius 3 is 2.90 bits per heavy atom. The molecule has 1 aliphatic heterocycles. The van der Waals surface area contributed by atoms with Crippen molar-refractivity contribution in [1.82, 2.24) is 5.32 Å². The molecule has 7 heteroatoms. The topological polar surface area (TPSA) is 71.4 Å². The van der Waals surface area contributed by atoms with Crippen molar-refractivity contribution in [2.45, 2.75) is 0 Å². The molecular formula is C14H11IN2O3S. The number of ether oxygens (including phenoxy) is 2. The van der Waals surface area contributed by atoms with Gasteiger partial charge >= 0.3 is 0 Å². The Morgan fingerprint density at radius 1 is 1.57 bits per heavy atom. The minimum absolute atomic E-state index is 0.127. The third kappa shape index (κ3) is 3.71. The zero-order chi connectivity index (χ0) is 15.4. The van der Waals surface area contributed by atoms with E-state index >= 15 is 0 Å². The standard InChI is InChI=1S/C14H11IN2O3S/c1-3-4-20-12-9(15)5-8(6-10(12)19-2)7-11-13(18)17-14(16)21-11/h1,5-7H,4H2,2H3,(H2,16,17,18)/b11-7+. The minimum atomic E-state index is -0.272. The minimum Gasteiger partial charge on any atom is -0.493 e. The number of rotatable bonds is 4. The number of amides is 1. The molecule has 1 fully saturated rings. The van der Waals surface area contributed by atoms with E-state index in [1.807, 2.05) is 6.07 Å². The van der Waals surface area contributed by atoms with E-state index in [4.69, 9.17) is 21.3 Å². The summed E-state index contributed by atoms with van der Waals surface area (Å²) in [5, 5.41) is 9.99. The predicted octanol–water partition coefficient (Wildman–Crippen LogP) is 2.45. The van der Waals surface area contributed by atoms with Crippen LogP contribution in [0.1, 0.15) is 5.56 Å². The Balaban J connectivity index is 2.37. The lowest BCUT2D eigenvalue weighted by Crippen LogP contribution is -2.18. The largest absolute Gasteiger partial charge is 0.493 e. The zero-order valence-electron chi connectivity index (χ0n) is 11.0. The number of carbonyl (C=O) groups is 1. The van der Waals surface area contributed by atoms with Crippen LogP contribution in [-0.2, 0) is 4.79 Å². The summed E-state index contributed by atoms with van der Waals surface area (Å²) in [5.74, 6) is 3.26. The van der Waals surface area contributed by atoms with Gasteiger partial charge in [0, 0.05) is 0 Å². The zero-order valence-corrected chi connectivity index (χ0v) is 14.0. The van der Waals surface area contributed by atoms with Gasteiger partial charge in [-0.1, -0.05) is 5.92 Å². The molecule has 108 valence electrons. The first-order chi connectivity index (χ1) is 10.0. The van der Waals surface area contributed by atoms with Gasteiger partial charge in [-0.3, -0.25) is 10.2 Å². The van der Waals surface area contributed by atoms with Crippen LogP contribution in [0.15, 0.2) is 17.0 Å². The first kappa shape index (κ1) is 15.7. The molecule has 21 heavy (non-hydrogen) atoms. The molecule has 2 N–H and O–H groups in total. The predicted molar refractivity (Wildman–Crippen MR) is 91.5 cm³/mol. The number of hydrogen-bond acceptors (Lipinski definition) is 5. The quantitative estimate of drug-likeness (QED) is 0.451. The molecule has 0 unspecified atom stereocenters. The van der Waals surface area contributed by atoms with Gasteiger partial charge in [-0.25, -0.2) is 0 Å². The Labute approximate surface area is 140 Å². The van der Waals surface area contributed by atoms with Crippen LogP contribution >= 0.6 is 34.4 Å². The van der Waals surface area contributed by atoms with Gasteiger partial charge in [0.25, 0.3) is 5.91 Å². The van der Waals surface area contributed by atoms with E-state index in [0.717, 1.165) is 20.9 Å². The Hall–Kier alpha value is -1.66. The number of benzene rings is 1. The summed E-state index contributed by atoms with van der Waals surface area (Å²) in [6.45, 7) is 0.155. The highest BCUT2D eigenvalue weighted by molar-refractivity contribution is 14.1. The highest BCUT2D eigenvalue weighted by Crippen LogP contribution is 2.35. The summed E-state index contributed by atoms with van der Waals surface area (Å²) in [4.78, 5) is 12.1. The van der Waals surface area contributed by atoms with Crippen LogP contribution in [0.5, 0.6) is 11.5 Å². The van der Waals surface area contributed by atoms with Crippen LogP contribution in [0.4, 0.5) is 0 Å². The normalized spacial score (nSPS) is 15.8. The van der Waals surface area contributed by atoms with Crippen molar-refractivity contribution in [3.05, 3.63) is 26.2 Å². The van der Waals surface area contributed by atoms with E-state index in [1.165, 1.54) is 7.11 Å². The van der Waals surface area contributed by atoms with Gasteiger partial charge in [-0.15, -0.1) is 6.42 Å². The molecule has 0 aromatic heterocycles. The van der Waals surface area contributed by atoms with E-state index in [0.29, 0.717) is 16.4 Å². The monoisotopic (exact) mass is 414 g/mol. The fourth-order valence-electron chi connectivity index (χ4n) is 1.67. The molecule has 1 saturated heterocycles. The molecule has 1 aliphatic rings. The summed E-state index contributed by atoms with van der Waals surface area (Å²) in [6.07, 6.45) is 6.90. The highest BCUT2D eigenvalue weighted by atomic mass is 127. The molecule has 2 rings (SSSR count). The lowest BCUT2D eigenvalue weighted by atomic mass is 10.2. The van der Waals surface area contributed by atoms with Crippen molar-refractivity contribution in [1.29, 1.82) is 5.41 Å². The number of amidine groups is 1. The Morgan fingerprint density at radius 2 is 2.33 bits per heavy atom. The SMILES string of the molecule is C#CCOc1c(I)cc(/C=C2/SC(=N)NC2=O)cc1OC. The summed E-state index contributed by atoms with van der Waals surface area (Å²) in [6, 6.07) is 3.62. The molecule has 0 spiro atoms. The molecule has 0 radical (unpaired) electrons. The van der Waals surface area contributed by atoms with Gasteiger partial charge < -0.3 is 14.8 Å². The van der Waals surface area contributed by atoms with Crippen molar-refractivity contribution in [3.63, 3.8) is 0 Å². The maximum Gasteiger partial charge on any atom is 0.264 e. The van der Waals surface area contributed by atoms with E-state index in [9.17, 15) is 4.79 Å². The van der Waals surface area contributed by atoms with E-state index < -0.39 is 0 Å². The number of thioether (sulfide) groups is 1. The number of nitrogens with one attached hydrogen (secondary N) is 2. The first-order valence-electron chi connectivity index (χ1n) is 5.78. The highest BCUT2D eigenvalue weighted by Gasteiger charge is 2.22. The molecule has 0 saturated carbocycles. The number of hydrogen-bond donors (Lipinski definition) is 2. The lowest BCUT2D eigenvalue weighted by molar-refractivity contribution is -0.115. The van der Waals surface area contributed by atoms with Crippen LogP contribution in [-0.4, -0.2) is 24.8 Å². The maximum absolute atomic E-state index is 11.6. The number of carbonyl (C=O) groups excluding carboxylic acids is 1. The molecular weight excluding hydrogens is 403 g/mol. The van der Waals surface area contributed by atoms with Crippen molar-refractivity contribution in [3.8, 4) is 23.8 Å². The van der Waals surface area contributed by atoms with Crippen molar-refractivity contribution in [2.24, 2.45) is 0 Å². The second kappa shape index (κ2) is 6.87. The summed E-state index contributed by atoms with van der Waals surface area (Å²) < 4.78 is 11.6. The second-order valence-electron chi connectivity index (χ2n) is 3.92. The Kier molecular flexibility index (Phi) is 5.14. The Bertz CT molecular complexity index is 680. The fourth-order valence-corrected chi connectivity index (χ4v) is 3.15. The van der Waals surface area contributed by atoms with E-state index in [-0.39, 0.29) is 17.7 Å². The fraction of sp³-hybridized carbons (Fsp3) is 0.143. The molecule has 1 amide bonds. The van der Waals surface area contributed by atoms with Crippen LogP contribution in [0.3, 0.4) is 0 Å². The van der Waals surface area contributed by atoms with Gasteiger partial charge in [0.05, 0.1) is 15.6 Å². The number of halogens is 1. The van der Waals surface area contributed by atoms with Gasteiger partial charge in [0.15, 0.2) is 16.7 Å². The smallest absolute Gasteiger partial charge is 0.264 e. The molecule has 1 aromatic rings. The van der Waals surface area contributed by atoms with E-state index in [1.54, 1.807) is 12.1 Å². The number of methoxy groups -OCH3 is 1. The third-order valence-electron chi connectivity index (χ3n) is 2.51. The molecule has 0 aliphatic carbocycles.